The molecule has 0 aliphatic heterocycles. The minimum Gasteiger partial charge on any atom is -0.364 e. The zero-order chi connectivity index (χ0) is 22.1. The summed E-state index contributed by atoms with van der Waals surface area (Å²) in [5.74, 6) is 0.581. The zero-order valence-electron chi connectivity index (χ0n) is 17.5. The Labute approximate surface area is 193 Å². The molecule has 162 valence electrons. The normalized spacial score (nSPS) is 17.7. The molecule has 1 fully saturated rings. The maximum Gasteiger partial charge on any atom is 0.270 e. The summed E-state index contributed by atoms with van der Waals surface area (Å²) in [6.07, 6.45) is 5.03. The summed E-state index contributed by atoms with van der Waals surface area (Å²) in [6.45, 7) is 2.52. The Hall–Kier alpha value is -3.33. The van der Waals surface area contributed by atoms with Crippen molar-refractivity contribution in [2.45, 2.75) is 38.4 Å². The van der Waals surface area contributed by atoms with Gasteiger partial charge in [-0.05, 0) is 49.6 Å². The van der Waals surface area contributed by atoms with Gasteiger partial charge < -0.3 is 15.2 Å². The van der Waals surface area contributed by atoms with Crippen molar-refractivity contribution in [3.8, 4) is 0 Å². The van der Waals surface area contributed by atoms with Crippen LogP contribution in [0.3, 0.4) is 0 Å². The average molecular weight is 492 g/mol. The Balaban J connectivity index is 1.24. The van der Waals surface area contributed by atoms with E-state index in [2.05, 4.69) is 63.2 Å². The molecule has 3 aromatic heterocycles. The molecule has 1 aliphatic carbocycles. The van der Waals surface area contributed by atoms with Crippen molar-refractivity contribution in [3.05, 3.63) is 76.5 Å². The van der Waals surface area contributed by atoms with Crippen molar-refractivity contribution in [3.63, 3.8) is 0 Å². The molecule has 1 saturated carbocycles. The van der Waals surface area contributed by atoms with Crippen LogP contribution >= 0.6 is 15.9 Å². The summed E-state index contributed by atoms with van der Waals surface area (Å²) in [5.41, 5.74) is 3.98. The summed E-state index contributed by atoms with van der Waals surface area (Å²) in [5, 5.41) is 6.44. The standard InChI is InChI=1S/C23H22BrN7O/c1-14-4-2-7-19(29-14)23(32)30-17-9-18(10-17)31-13-28-20-21(26-12-27-22(20)31)25-11-15-5-3-6-16(24)8-15/h2-8,12-13,17-18H,9-11H2,1H3,(H,30,32)(H,25,26,27). The Morgan fingerprint density at radius 1 is 1.16 bits per heavy atom. The van der Waals surface area contributed by atoms with Crippen LogP contribution in [-0.2, 0) is 6.54 Å². The number of anilines is 1. The van der Waals surface area contributed by atoms with Crippen LogP contribution in [0.2, 0.25) is 0 Å². The highest BCUT2D eigenvalue weighted by atomic mass is 79.9. The molecule has 0 unspecified atom stereocenters. The SMILES string of the molecule is Cc1cccc(C(=O)NC2CC(n3cnc4c(NCc5cccc(Br)c5)ncnc43)C2)n1. The van der Waals surface area contributed by atoms with Crippen molar-refractivity contribution in [2.75, 3.05) is 5.32 Å². The van der Waals surface area contributed by atoms with E-state index < -0.39 is 0 Å². The van der Waals surface area contributed by atoms with Gasteiger partial charge >= 0.3 is 0 Å². The van der Waals surface area contributed by atoms with E-state index in [1.165, 1.54) is 0 Å². The molecular formula is C23H22BrN7O. The highest BCUT2D eigenvalue weighted by Gasteiger charge is 2.33. The van der Waals surface area contributed by atoms with Crippen molar-refractivity contribution in [1.29, 1.82) is 0 Å². The third-order valence-electron chi connectivity index (χ3n) is 5.67. The van der Waals surface area contributed by atoms with Crippen molar-refractivity contribution in [2.24, 2.45) is 0 Å². The first-order valence-corrected chi connectivity index (χ1v) is 11.3. The van der Waals surface area contributed by atoms with E-state index in [9.17, 15) is 4.79 Å². The first-order chi connectivity index (χ1) is 15.6. The third kappa shape index (κ3) is 4.20. The fraction of sp³-hybridized carbons (Fsp3) is 0.261. The second-order valence-electron chi connectivity index (χ2n) is 7.99. The van der Waals surface area contributed by atoms with Gasteiger partial charge in [-0.3, -0.25) is 4.79 Å². The van der Waals surface area contributed by atoms with Gasteiger partial charge in [0.05, 0.1) is 6.33 Å². The molecule has 0 radical (unpaired) electrons. The highest BCUT2D eigenvalue weighted by molar-refractivity contribution is 9.10. The van der Waals surface area contributed by atoms with E-state index in [1.54, 1.807) is 12.4 Å². The van der Waals surface area contributed by atoms with Crippen LogP contribution in [0.25, 0.3) is 11.2 Å². The number of carbonyl (C=O) groups excluding carboxylic acids is 1. The molecule has 1 aliphatic rings. The fourth-order valence-electron chi connectivity index (χ4n) is 3.94. The van der Waals surface area contributed by atoms with Crippen LogP contribution in [0.4, 0.5) is 5.82 Å². The second kappa shape index (κ2) is 8.66. The van der Waals surface area contributed by atoms with Gasteiger partial charge in [-0.2, -0.15) is 0 Å². The number of hydrogen-bond donors (Lipinski definition) is 2. The van der Waals surface area contributed by atoms with E-state index in [4.69, 9.17) is 0 Å². The highest BCUT2D eigenvalue weighted by Crippen LogP contribution is 2.35. The molecule has 3 heterocycles. The third-order valence-corrected chi connectivity index (χ3v) is 6.16. The molecule has 32 heavy (non-hydrogen) atoms. The van der Waals surface area contributed by atoms with E-state index >= 15 is 0 Å². The second-order valence-corrected chi connectivity index (χ2v) is 8.91. The number of amides is 1. The molecule has 1 amide bonds. The lowest BCUT2D eigenvalue weighted by molar-refractivity contribution is 0.0889. The van der Waals surface area contributed by atoms with Crippen LogP contribution < -0.4 is 10.6 Å². The molecule has 0 spiro atoms. The Bertz CT molecular complexity index is 1280. The number of aromatic nitrogens is 5. The van der Waals surface area contributed by atoms with Gasteiger partial charge in [0, 0.05) is 28.8 Å². The Morgan fingerprint density at radius 3 is 2.81 bits per heavy atom. The Morgan fingerprint density at radius 2 is 2.00 bits per heavy atom. The maximum atomic E-state index is 12.4. The molecule has 4 aromatic rings. The molecule has 1 aromatic carbocycles. The first-order valence-electron chi connectivity index (χ1n) is 10.5. The molecule has 0 bridgehead atoms. The van der Waals surface area contributed by atoms with E-state index in [0.717, 1.165) is 39.7 Å². The zero-order valence-corrected chi connectivity index (χ0v) is 19.1. The number of nitrogens with zero attached hydrogens (tertiary/aromatic N) is 5. The van der Waals surface area contributed by atoms with E-state index in [-0.39, 0.29) is 18.0 Å². The van der Waals surface area contributed by atoms with Gasteiger partial charge in [0.25, 0.3) is 5.91 Å². The number of nitrogens with one attached hydrogen (secondary N) is 2. The topological polar surface area (TPSA) is 97.6 Å². The predicted octanol–water partition coefficient (Wildman–Crippen LogP) is 4.04. The smallest absolute Gasteiger partial charge is 0.270 e. The summed E-state index contributed by atoms with van der Waals surface area (Å²) in [4.78, 5) is 30.1. The van der Waals surface area contributed by atoms with Crippen LogP contribution in [-0.4, -0.2) is 36.5 Å². The maximum absolute atomic E-state index is 12.4. The monoisotopic (exact) mass is 491 g/mol. The van der Waals surface area contributed by atoms with Crippen LogP contribution in [0.1, 0.15) is 40.6 Å². The number of hydrogen-bond acceptors (Lipinski definition) is 6. The number of fused-ring (bicyclic) bond motifs is 1. The molecule has 9 heteroatoms. The fourth-order valence-corrected chi connectivity index (χ4v) is 4.39. The van der Waals surface area contributed by atoms with Gasteiger partial charge in [-0.15, -0.1) is 0 Å². The lowest BCUT2D eigenvalue weighted by Gasteiger charge is -2.36. The lowest BCUT2D eigenvalue weighted by Crippen LogP contribution is -2.45. The quantitative estimate of drug-likeness (QED) is 0.422. The average Bonchev–Trinajstić information content (AvgIpc) is 3.18. The van der Waals surface area contributed by atoms with Gasteiger partial charge in [0.1, 0.15) is 17.5 Å². The van der Waals surface area contributed by atoms with E-state index in [0.29, 0.717) is 18.1 Å². The summed E-state index contributed by atoms with van der Waals surface area (Å²) >= 11 is 3.50. The number of benzene rings is 1. The number of carbonyl (C=O) groups is 1. The largest absolute Gasteiger partial charge is 0.364 e. The molecular weight excluding hydrogens is 470 g/mol. The van der Waals surface area contributed by atoms with Gasteiger partial charge in [0.15, 0.2) is 11.5 Å². The van der Waals surface area contributed by atoms with Crippen LogP contribution in [0.15, 0.2) is 59.6 Å². The van der Waals surface area contributed by atoms with E-state index in [1.807, 2.05) is 37.5 Å². The summed E-state index contributed by atoms with van der Waals surface area (Å²) in [6, 6.07) is 14.0. The molecule has 8 nitrogen and oxygen atoms in total. The molecule has 2 N–H and O–H groups in total. The number of rotatable bonds is 6. The number of pyridine rings is 1. The molecule has 5 rings (SSSR count). The predicted molar refractivity (Wildman–Crippen MR) is 125 cm³/mol. The molecule has 0 atom stereocenters. The van der Waals surface area contributed by atoms with Crippen molar-refractivity contribution >= 4 is 38.8 Å². The Kier molecular flexibility index (Phi) is 5.57. The number of imidazole rings is 1. The van der Waals surface area contributed by atoms with Gasteiger partial charge in [-0.25, -0.2) is 19.9 Å². The van der Waals surface area contributed by atoms with Crippen molar-refractivity contribution < 1.29 is 4.79 Å². The summed E-state index contributed by atoms with van der Waals surface area (Å²) in [7, 11) is 0. The van der Waals surface area contributed by atoms with Gasteiger partial charge in [0.2, 0.25) is 0 Å². The first kappa shape index (κ1) is 20.6. The summed E-state index contributed by atoms with van der Waals surface area (Å²) < 4.78 is 3.12. The number of aryl methyl sites for hydroxylation is 1. The van der Waals surface area contributed by atoms with Gasteiger partial charge in [-0.1, -0.05) is 34.1 Å². The number of halogens is 1. The van der Waals surface area contributed by atoms with Crippen LogP contribution in [0.5, 0.6) is 0 Å². The van der Waals surface area contributed by atoms with Crippen LogP contribution in [0, 0.1) is 6.92 Å². The minimum absolute atomic E-state index is 0.114. The molecule has 0 saturated heterocycles. The van der Waals surface area contributed by atoms with Crippen molar-refractivity contribution in [1.82, 2.24) is 29.8 Å². The minimum atomic E-state index is -0.131. The lowest BCUT2D eigenvalue weighted by atomic mass is 9.86.